The first-order valence-corrected chi connectivity index (χ1v) is 8.49. The van der Waals surface area contributed by atoms with Gasteiger partial charge in [-0.15, -0.1) is 0 Å². The standard InChI is InChI=1S/C17H18F3NO2S/c1-4-24-15-10(3)21-9(2)13(16(22)23)14(15)11-6-5-7-12(8-11)17(18,19)20/h5-8,14-15H,4H2,1-3H3,(H,22,23). The molecule has 2 unspecified atom stereocenters. The number of nitrogens with zero attached hydrogens (tertiary/aromatic N) is 1. The Bertz CT molecular complexity index is 710. The fraction of sp³-hybridized carbons (Fsp3) is 0.412. The first kappa shape index (κ1) is 18.6. The molecular weight excluding hydrogens is 339 g/mol. The van der Waals surface area contributed by atoms with E-state index in [9.17, 15) is 23.1 Å². The van der Waals surface area contributed by atoms with Crippen LogP contribution in [0.25, 0.3) is 0 Å². The van der Waals surface area contributed by atoms with Crippen molar-refractivity contribution in [1.29, 1.82) is 0 Å². The van der Waals surface area contributed by atoms with Gasteiger partial charge in [-0.2, -0.15) is 24.9 Å². The molecule has 130 valence electrons. The highest BCUT2D eigenvalue weighted by molar-refractivity contribution is 8.00. The fourth-order valence-corrected chi connectivity index (χ4v) is 4.08. The molecule has 0 saturated carbocycles. The third-order valence-corrected chi connectivity index (χ3v) is 5.21. The van der Waals surface area contributed by atoms with Gasteiger partial charge >= 0.3 is 12.1 Å². The van der Waals surface area contributed by atoms with Gasteiger partial charge in [-0.1, -0.05) is 25.1 Å². The van der Waals surface area contributed by atoms with Crippen LogP contribution in [0.4, 0.5) is 13.2 Å². The van der Waals surface area contributed by atoms with E-state index in [4.69, 9.17) is 0 Å². The molecule has 1 aliphatic rings. The van der Waals surface area contributed by atoms with E-state index < -0.39 is 23.6 Å². The Morgan fingerprint density at radius 2 is 2.00 bits per heavy atom. The van der Waals surface area contributed by atoms with E-state index in [0.29, 0.717) is 17.0 Å². The summed E-state index contributed by atoms with van der Waals surface area (Å²) >= 11 is 1.49. The summed E-state index contributed by atoms with van der Waals surface area (Å²) in [4.78, 5) is 16.0. The number of aliphatic carboxylic acids is 1. The van der Waals surface area contributed by atoms with Crippen LogP contribution in [-0.4, -0.2) is 27.8 Å². The lowest BCUT2D eigenvalue weighted by Gasteiger charge is -2.32. The second kappa shape index (κ2) is 7.01. The lowest BCUT2D eigenvalue weighted by molar-refractivity contribution is -0.137. The minimum atomic E-state index is -4.47. The summed E-state index contributed by atoms with van der Waals surface area (Å²) in [5, 5.41) is 9.29. The molecule has 7 heteroatoms. The van der Waals surface area contributed by atoms with E-state index in [1.54, 1.807) is 19.9 Å². The molecule has 3 nitrogen and oxygen atoms in total. The van der Waals surface area contributed by atoms with Crippen molar-refractivity contribution < 1.29 is 23.1 Å². The van der Waals surface area contributed by atoms with Gasteiger partial charge in [-0.05, 0) is 31.2 Å². The van der Waals surface area contributed by atoms with E-state index in [-0.39, 0.29) is 10.8 Å². The molecule has 2 rings (SSSR count). The highest BCUT2D eigenvalue weighted by atomic mass is 32.2. The summed E-state index contributed by atoms with van der Waals surface area (Å²) in [5.74, 6) is -1.10. The first-order chi connectivity index (χ1) is 11.2. The maximum absolute atomic E-state index is 13.0. The average molecular weight is 357 g/mol. The molecule has 1 aromatic rings. The molecule has 24 heavy (non-hydrogen) atoms. The van der Waals surface area contributed by atoms with Crippen LogP contribution in [0, 0.1) is 0 Å². The van der Waals surface area contributed by atoms with Crippen LogP contribution in [0.1, 0.15) is 37.8 Å². The number of carbonyl (C=O) groups is 1. The summed E-state index contributed by atoms with van der Waals surface area (Å²) in [7, 11) is 0. The highest BCUT2D eigenvalue weighted by Gasteiger charge is 2.38. The number of carboxylic acid groups (broad SMARTS) is 1. The molecule has 0 saturated heterocycles. The summed E-state index contributed by atoms with van der Waals surface area (Å²) < 4.78 is 39.1. The van der Waals surface area contributed by atoms with Crippen molar-refractivity contribution in [1.82, 2.24) is 0 Å². The molecule has 0 aliphatic carbocycles. The van der Waals surface area contributed by atoms with Gasteiger partial charge in [0.15, 0.2) is 0 Å². The molecule has 0 amide bonds. The summed E-state index contributed by atoms with van der Waals surface area (Å²) in [6.07, 6.45) is -4.47. The van der Waals surface area contributed by atoms with Crippen molar-refractivity contribution in [2.75, 3.05) is 5.75 Å². The van der Waals surface area contributed by atoms with Crippen LogP contribution in [-0.2, 0) is 11.0 Å². The van der Waals surface area contributed by atoms with E-state index >= 15 is 0 Å². The Balaban J connectivity index is 2.62. The number of rotatable bonds is 4. The van der Waals surface area contributed by atoms with Gasteiger partial charge < -0.3 is 5.11 Å². The number of benzene rings is 1. The number of thioether (sulfide) groups is 1. The molecule has 1 N–H and O–H groups in total. The molecule has 1 aromatic carbocycles. The zero-order chi connectivity index (χ0) is 18.1. The number of hydrogen-bond acceptors (Lipinski definition) is 3. The number of allylic oxidation sites excluding steroid dienone is 1. The molecular formula is C17H18F3NO2S. The smallest absolute Gasteiger partial charge is 0.416 e. The number of alkyl halides is 3. The summed E-state index contributed by atoms with van der Waals surface area (Å²) in [5.41, 5.74) is 0.706. The number of carboxylic acids is 1. The molecule has 2 atom stereocenters. The third-order valence-electron chi connectivity index (χ3n) is 3.91. The van der Waals surface area contributed by atoms with Gasteiger partial charge in [0.2, 0.25) is 0 Å². The minimum Gasteiger partial charge on any atom is -0.478 e. The number of hydrogen-bond donors (Lipinski definition) is 1. The predicted octanol–water partition coefficient (Wildman–Crippen LogP) is 4.74. The maximum atomic E-state index is 13.0. The van der Waals surface area contributed by atoms with E-state index in [2.05, 4.69) is 4.99 Å². The van der Waals surface area contributed by atoms with Crippen molar-refractivity contribution in [3.8, 4) is 0 Å². The van der Waals surface area contributed by atoms with E-state index in [0.717, 1.165) is 17.8 Å². The lowest BCUT2D eigenvalue weighted by atomic mass is 9.83. The Labute approximate surface area is 142 Å². The maximum Gasteiger partial charge on any atom is 0.416 e. The normalized spacial score (nSPS) is 21.7. The van der Waals surface area contributed by atoms with Gasteiger partial charge in [0, 0.05) is 17.3 Å². The van der Waals surface area contributed by atoms with Crippen molar-refractivity contribution in [3.63, 3.8) is 0 Å². The first-order valence-electron chi connectivity index (χ1n) is 7.44. The predicted molar refractivity (Wildman–Crippen MR) is 89.5 cm³/mol. The topological polar surface area (TPSA) is 49.7 Å². The zero-order valence-electron chi connectivity index (χ0n) is 13.5. The van der Waals surface area contributed by atoms with Gasteiger partial charge in [0.1, 0.15) is 0 Å². The van der Waals surface area contributed by atoms with E-state index in [1.807, 2.05) is 6.92 Å². The molecule has 1 heterocycles. The average Bonchev–Trinajstić information content (AvgIpc) is 2.48. The van der Waals surface area contributed by atoms with Crippen molar-refractivity contribution in [2.24, 2.45) is 4.99 Å². The molecule has 0 bridgehead atoms. The Hall–Kier alpha value is -1.76. The third kappa shape index (κ3) is 3.66. The lowest BCUT2D eigenvalue weighted by Crippen LogP contribution is -2.32. The molecule has 0 fully saturated rings. The second-order valence-corrected chi connectivity index (χ2v) is 6.95. The molecule has 0 aromatic heterocycles. The van der Waals surface area contributed by atoms with Gasteiger partial charge in [-0.25, -0.2) is 4.79 Å². The van der Waals surface area contributed by atoms with Crippen LogP contribution in [0.2, 0.25) is 0 Å². The zero-order valence-corrected chi connectivity index (χ0v) is 14.3. The quantitative estimate of drug-likeness (QED) is 0.846. The fourth-order valence-electron chi connectivity index (χ4n) is 2.94. The summed E-state index contributed by atoms with van der Waals surface area (Å²) in [6, 6.07) is 4.91. The van der Waals surface area contributed by atoms with E-state index in [1.165, 1.54) is 17.8 Å². The largest absolute Gasteiger partial charge is 0.478 e. The van der Waals surface area contributed by atoms with Gasteiger partial charge in [0.05, 0.1) is 16.4 Å². The van der Waals surface area contributed by atoms with Crippen molar-refractivity contribution >= 4 is 23.4 Å². The van der Waals surface area contributed by atoms with Gasteiger partial charge in [0.25, 0.3) is 0 Å². The molecule has 1 aliphatic heterocycles. The minimum absolute atomic E-state index is 0.0610. The summed E-state index contributed by atoms with van der Waals surface area (Å²) in [6.45, 7) is 5.29. The van der Waals surface area contributed by atoms with Crippen molar-refractivity contribution in [3.05, 3.63) is 46.7 Å². The van der Waals surface area contributed by atoms with Crippen LogP contribution in [0.15, 0.2) is 40.5 Å². The highest BCUT2D eigenvalue weighted by Crippen LogP contribution is 2.42. The Kier molecular flexibility index (Phi) is 5.42. The Morgan fingerprint density at radius 3 is 2.54 bits per heavy atom. The van der Waals surface area contributed by atoms with Crippen LogP contribution >= 0.6 is 11.8 Å². The van der Waals surface area contributed by atoms with Crippen molar-refractivity contribution in [2.45, 2.75) is 38.1 Å². The second-order valence-electron chi connectivity index (χ2n) is 5.53. The Morgan fingerprint density at radius 1 is 1.33 bits per heavy atom. The molecule has 0 spiro atoms. The SMILES string of the molecule is CCSC1C(C)=NC(C)=C(C(=O)O)C1c1cccc(C(F)(F)F)c1. The van der Waals surface area contributed by atoms with Crippen LogP contribution in [0.5, 0.6) is 0 Å². The van der Waals surface area contributed by atoms with Gasteiger partial charge in [-0.3, -0.25) is 4.99 Å². The van der Waals surface area contributed by atoms with Crippen LogP contribution in [0.3, 0.4) is 0 Å². The molecule has 0 radical (unpaired) electrons. The number of halogens is 3. The number of aliphatic imine (C=N–C) groups is 1. The monoisotopic (exact) mass is 357 g/mol. The van der Waals surface area contributed by atoms with Crippen LogP contribution < -0.4 is 0 Å².